The van der Waals surface area contributed by atoms with E-state index in [-0.39, 0.29) is 30.4 Å². The van der Waals surface area contributed by atoms with Crippen LogP contribution in [0.15, 0.2) is 0 Å². The molecule has 4 nitrogen and oxygen atoms in total. The Morgan fingerprint density at radius 2 is 2.00 bits per heavy atom. The van der Waals surface area contributed by atoms with Crippen LogP contribution >= 0.6 is 0 Å². The van der Waals surface area contributed by atoms with Crippen LogP contribution in [0.2, 0.25) is 0 Å². The second-order valence-electron chi connectivity index (χ2n) is 6.71. The molecule has 2 saturated carbocycles. The summed E-state index contributed by atoms with van der Waals surface area (Å²) in [7, 11) is 0. The van der Waals surface area contributed by atoms with Crippen molar-refractivity contribution in [3.05, 3.63) is 0 Å². The molecule has 3 rings (SSSR count). The lowest BCUT2D eigenvalue weighted by Gasteiger charge is -2.31. The lowest BCUT2D eigenvalue weighted by molar-refractivity contribution is -0.124. The average Bonchev–Trinajstić information content (AvgIpc) is 3.14. The molecule has 4 heteroatoms. The molecular weight excluding hydrogens is 240 g/mol. The third-order valence-corrected chi connectivity index (χ3v) is 5.58. The van der Waals surface area contributed by atoms with Gasteiger partial charge in [0.1, 0.15) is 0 Å². The van der Waals surface area contributed by atoms with E-state index in [9.17, 15) is 9.90 Å². The van der Waals surface area contributed by atoms with E-state index in [4.69, 9.17) is 0 Å². The number of aliphatic hydroxyl groups excluding tert-OH is 1. The van der Waals surface area contributed by atoms with E-state index in [0.717, 1.165) is 45.2 Å². The number of carbonyl (C=O) groups is 1. The van der Waals surface area contributed by atoms with Gasteiger partial charge in [-0.3, -0.25) is 4.79 Å². The van der Waals surface area contributed by atoms with Gasteiger partial charge in [0, 0.05) is 24.5 Å². The average molecular weight is 266 g/mol. The van der Waals surface area contributed by atoms with Gasteiger partial charge in [-0.1, -0.05) is 12.8 Å². The summed E-state index contributed by atoms with van der Waals surface area (Å²) < 4.78 is 0. The SMILES string of the molecule is O=C(N[C@@H]1CCCC[C@H]1CO)[C@H]1CC12CCNCC2. The minimum Gasteiger partial charge on any atom is -0.396 e. The van der Waals surface area contributed by atoms with Crippen LogP contribution < -0.4 is 10.6 Å². The number of rotatable bonds is 3. The van der Waals surface area contributed by atoms with Gasteiger partial charge >= 0.3 is 0 Å². The van der Waals surface area contributed by atoms with Crippen molar-refractivity contribution >= 4 is 5.91 Å². The van der Waals surface area contributed by atoms with Gasteiger partial charge in [-0.2, -0.15) is 0 Å². The van der Waals surface area contributed by atoms with Crippen molar-refractivity contribution in [3.8, 4) is 0 Å². The van der Waals surface area contributed by atoms with Crippen LogP contribution in [-0.2, 0) is 4.79 Å². The zero-order valence-corrected chi connectivity index (χ0v) is 11.7. The highest BCUT2D eigenvalue weighted by Crippen LogP contribution is 2.58. The second kappa shape index (κ2) is 5.41. The first-order valence-corrected chi connectivity index (χ1v) is 7.87. The van der Waals surface area contributed by atoms with Crippen LogP contribution in [0.4, 0.5) is 0 Å². The molecule has 1 aliphatic heterocycles. The van der Waals surface area contributed by atoms with Gasteiger partial charge in [0.05, 0.1) is 0 Å². The Morgan fingerprint density at radius 3 is 2.74 bits per heavy atom. The van der Waals surface area contributed by atoms with E-state index >= 15 is 0 Å². The molecule has 0 aromatic heterocycles. The van der Waals surface area contributed by atoms with E-state index < -0.39 is 0 Å². The van der Waals surface area contributed by atoms with Crippen LogP contribution in [-0.4, -0.2) is 36.8 Å². The minimum atomic E-state index is 0.213. The molecule has 1 saturated heterocycles. The van der Waals surface area contributed by atoms with Crippen LogP contribution in [0, 0.1) is 17.3 Å². The highest BCUT2D eigenvalue weighted by atomic mass is 16.3. The quantitative estimate of drug-likeness (QED) is 0.715. The summed E-state index contributed by atoms with van der Waals surface area (Å²) in [6.45, 7) is 2.34. The fraction of sp³-hybridized carbons (Fsp3) is 0.933. The smallest absolute Gasteiger partial charge is 0.223 e. The maximum absolute atomic E-state index is 12.4. The Bertz CT molecular complexity index is 339. The van der Waals surface area contributed by atoms with Crippen LogP contribution in [0.25, 0.3) is 0 Å². The predicted octanol–water partition coefficient (Wildman–Crippen LogP) is 1.04. The van der Waals surface area contributed by atoms with E-state index in [1.165, 1.54) is 12.8 Å². The normalized spacial score (nSPS) is 37.0. The van der Waals surface area contributed by atoms with E-state index in [1.807, 2.05) is 0 Å². The molecule has 3 atom stereocenters. The summed E-state index contributed by atoms with van der Waals surface area (Å²) in [4.78, 5) is 12.4. The Morgan fingerprint density at radius 1 is 1.26 bits per heavy atom. The minimum absolute atomic E-state index is 0.213. The molecule has 2 aliphatic carbocycles. The zero-order chi connectivity index (χ0) is 13.3. The van der Waals surface area contributed by atoms with Crippen LogP contribution in [0.5, 0.6) is 0 Å². The van der Waals surface area contributed by atoms with E-state index in [1.54, 1.807) is 0 Å². The maximum Gasteiger partial charge on any atom is 0.223 e. The van der Waals surface area contributed by atoms with Crippen molar-refractivity contribution in [1.82, 2.24) is 10.6 Å². The van der Waals surface area contributed by atoms with Gasteiger partial charge in [0.15, 0.2) is 0 Å². The number of aliphatic hydroxyl groups is 1. The van der Waals surface area contributed by atoms with E-state index in [2.05, 4.69) is 10.6 Å². The largest absolute Gasteiger partial charge is 0.396 e. The van der Waals surface area contributed by atoms with Crippen molar-refractivity contribution in [2.24, 2.45) is 17.3 Å². The molecular formula is C15H26N2O2. The molecule has 0 bridgehead atoms. The van der Waals surface area contributed by atoms with Gasteiger partial charge in [-0.15, -0.1) is 0 Å². The molecule has 3 aliphatic rings. The zero-order valence-electron chi connectivity index (χ0n) is 11.7. The van der Waals surface area contributed by atoms with Crippen molar-refractivity contribution < 1.29 is 9.90 Å². The molecule has 3 N–H and O–H groups in total. The fourth-order valence-corrected chi connectivity index (χ4v) is 4.10. The second-order valence-corrected chi connectivity index (χ2v) is 6.71. The number of nitrogens with one attached hydrogen (secondary N) is 2. The Hall–Kier alpha value is -0.610. The van der Waals surface area contributed by atoms with Crippen LogP contribution in [0.1, 0.15) is 44.9 Å². The lowest BCUT2D eigenvalue weighted by atomic mass is 9.84. The highest BCUT2D eigenvalue weighted by Gasteiger charge is 2.57. The molecule has 0 aromatic carbocycles. The van der Waals surface area contributed by atoms with Crippen LogP contribution in [0.3, 0.4) is 0 Å². The summed E-state index contributed by atoms with van der Waals surface area (Å²) >= 11 is 0. The first kappa shape index (κ1) is 13.4. The third kappa shape index (κ3) is 2.65. The summed E-state index contributed by atoms with van der Waals surface area (Å²) in [6, 6.07) is 0.214. The summed E-state index contributed by atoms with van der Waals surface area (Å²) in [6.07, 6.45) is 7.85. The summed E-state index contributed by atoms with van der Waals surface area (Å²) in [5, 5.41) is 16.0. The Kier molecular flexibility index (Phi) is 3.81. The van der Waals surface area contributed by atoms with Gasteiger partial charge in [-0.05, 0) is 50.6 Å². The molecule has 108 valence electrons. The molecule has 0 radical (unpaired) electrons. The highest BCUT2D eigenvalue weighted by molar-refractivity contribution is 5.83. The third-order valence-electron chi connectivity index (χ3n) is 5.58. The lowest BCUT2D eigenvalue weighted by Crippen LogP contribution is -2.45. The Labute approximate surface area is 115 Å². The molecule has 0 unspecified atom stereocenters. The standard InChI is InChI=1S/C15H26N2O2/c18-10-11-3-1-2-4-13(11)17-14(19)12-9-15(12)5-7-16-8-6-15/h11-13,16,18H,1-10H2,(H,17,19)/t11-,12+,13+/m0/s1. The molecule has 1 heterocycles. The first-order chi connectivity index (χ1) is 9.25. The number of amides is 1. The summed E-state index contributed by atoms with van der Waals surface area (Å²) in [5.41, 5.74) is 0.318. The number of hydrogen-bond acceptors (Lipinski definition) is 3. The van der Waals surface area contributed by atoms with Gasteiger partial charge in [0.25, 0.3) is 0 Å². The number of piperidine rings is 1. The molecule has 0 aromatic rings. The fourth-order valence-electron chi connectivity index (χ4n) is 4.10. The maximum atomic E-state index is 12.4. The van der Waals surface area contributed by atoms with Crippen molar-refractivity contribution in [2.45, 2.75) is 51.0 Å². The van der Waals surface area contributed by atoms with Gasteiger partial charge in [-0.25, -0.2) is 0 Å². The van der Waals surface area contributed by atoms with Crippen molar-refractivity contribution in [2.75, 3.05) is 19.7 Å². The molecule has 1 amide bonds. The van der Waals surface area contributed by atoms with Gasteiger partial charge in [0.2, 0.25) is 5.91 Å². The van der Waals surface area contributed by atoms with Crippen molar-refractivity contribution in [1.29, 1.82) is 0 Å². The summed E-state index contributed by atoms with van der Waals surface area (Å²) in [5.74, 6) is 0.781. The van der Waals surface area contributed by atoms with Crippen molar-refractivity contribution in [3.63, 3.8) is 0 Å². The number of hydrogen-bond donors (Lipinski definition) is 3. The number of carbonyl (C=O) groups excluding carboxylic acids is 1. The van der Waals surface area contributed by atoms with E-state index in [0.29, 0.717) is 5.41 Å². The van der Waals surface area contributed by atoms with Gasteiger partial charge < -0.3 is 15.7 Å². The first-order valence-electron chi connectivity index (χ1n) is 7.87. The topological polar surface area (TPSA) is 61.4 Å². The molecule has 19 heavy (non-hydrogen) atoms. The predicted molar refractivity (Wildman–Crippen MR) is 73.6 cm³/mol. The molecule has 1 spiro atoms. The molecule has 3 fully saturated rings. The Balaban J connectivity index is 1.54. The monoisotopic (exact) mass is 266 g/mol.